The summed E-state index contributed by atoms with van der Waals surface area (Å²) in [4.78, 5) is 0. The van der Waals surface area contributed by atoms with Crippen molar-refractivity contribution in [1.82, 2.24) is 0 Å². The van der Waals surface area contributed by atoms with E-state index in [1.54, 1.807) is 0 Å². The van der Waals surface area contributed by atoms with Crippen LogP contribution in [0.2, 0.25) is 0 Å². The van der Waals surface area contributed by atoms with Crippen LogP contribution in [0, 0.1) is 0 Å². The minimum atomic E-state index is 0. The molecule has 0 aliphatic rings. The van der Waals surface area contributed by atoms with Gasteiger partial charge in [-0.2, -0.15) is 0 Å². The van der Waals surface area contributed by atoms with Gasteiger partial charge in [-0.05, 0) is 0 Å². The maximum absolute atomic E-state index is 0. The molecule has 0 aliphatic heterocycles. The topological polar surface area (TPSA) is 31.5 Å². The average molecular weight is 104 g/mol. The Labute approximate surface area is 63.0 Å². The van der Waals surface area contributed by atoms with Gasteiger partial charge >= 0.3 is 18.9 Å². The fourth-order valence-corrected chi connectivity index (χ4v) is 0. The molecule has 2 N–H and O–H groups in total. The minimum Gasteiger partial charge on any atom is 0 e. The molecule has 0 spiro atoms. The Morgan fingerprint density at radius 2 is 1.00 bits per heavy atom. The molecule has 20 valence electrons. The summed E-state index contributed by atoms with van der Waals surface area (Å²) in [6.07, 6.45) is 0. The van der Waals surface area contributed by atoms with Gasteiger partial charge in [-0.3, -0.25) is 0 Å². The summed E-state index contributed by atoms with van der Waals surface area (Å²) in [5.74, 6) is 0. The van der Waals surface area contributed by atoms with Crippen LogP contribution < -0.4 is 0 Å². The van der Waals surface area contributed by atoms with Crippen LogP contribution >= 0.6 is 0 Å². The average Bonchev–Trinajstić information content (AvgIpc) is 0. The molecule has 4 heavy (non-hydrogen) atoms. The molecule has 4 heteroatoms. The molecule has 0 saturated carbocycles. The fraction of sp³-hybridized carbons (Fsp3) is 0. The van der Waals surface area contributed by atoms with Gasteiger partial charge in [-0.1, -0.05) is 0 Å². The van der Waals surface area contributed by atoms with Crippen molar-refractivity contribution in [1.29, 1.82) is 0 Å². The van der Waals surface area contributed by atoms with E-state index in [1.807, 2.05) is 0 Å². The molecule has 1 nitrogen and oxygen atoms in total. The van der Waals surface area contributed by atoms with E-state index in [9.17, 15) is 0 Å². The minimum absolute atomic E-state index is 0. The quantitative estimate of drug-likeness (QED) is 0.300. The Hall–Kier alpha value is 1.80. The van der Waals surface area contributed by atoms with Crippen molar-refractivity contribution >= 4 is 36.2 Å². The third kappa shape index (κ3) is 9.19. The van der Waals surface area contributed by atoms with Crippen LogP contribution in [0.15, 0.2) is 0 Å². The van der Waals surface area contributed by atoms with E-state index in [-0.39, 0.29) is 63.4 Å². The van der Waals surface area contributed by atoms with Crippen molar-refractivity contribution in [3.8, 4) is 0 Å². The molecule has 0 amide bonds. The Morgan fingerprint density at radius 3 is 1.00 bits per heavy atom. The monoisotopic (exact) mass is 104 g/mol. The third-order valence-electron chi connectivity index (χ3n) is 0. The summed E-state index contributed by atoms with van der Waals surface area (Å²) < 4.78 is 0. The second kappa shape index (κ2) is 21.4. The summed E-state index contributed by atoms with van der Waals surface area (Å²) in [5.41, 5.74) is 0. The summed E-state index contributed by atoms with van der Waals surface area (Å²) in [6, 6.07) is 0. The molecular formula is H6AlLiOTi. The van der Waals surface area contributed by atoms with E-state index in [4.69, 9.17) is 0 Å². The standard InChI is InChI=1S/Al.Li.H2O.Ti.4H/h;;1H2;;;;;. The van der Waals surface area contributed by atoms with Crippen LogP contribution in [0.3, 0.4) is 0 Å². The second-order valence-corrected chi connectivity index (χ2v) is 0. The Balaban J connectivity index is 0. The van der Waals surface area contributed by atoms with Crippen molar-refractivity contribution in [2.45, 2.75) is 0 Å². The van der Waals surface area contributed by atoms with E-state index in [0.29, 0.717) is 0 Å². The van der Waals surface area contributed by atoms with Crippen LogP contribution in [-0.2, 0) is 21.7 Å². The van der Waals surface area contributed by atoms with Crippen LogP contribution in [0.1, 0.15) is 0 Å². The molecule has 0 radical (unpaired) electrons. The van der Waals surface area contributed by atoms with Crippen LogP contribution in [0.5, 0.6) is 0 Å². The summed E-state index contributed by atoms with van der Waals surface area (Å²) in [6.45, 7) is 0. The number of hydrogen-bond acceptors (Lipinski definition) is 0. The molecule has 0 saturated heterocycles. The van der Waals surface area contributed by atoms with E-state index in [0.717, 1.165) is 0 Å². The first kappa shape index (κ1) is 41.2. The zero-order valence-electron chi connectivity index (χ0n) is 1.00. The van der Waals surface area contributed by atoms with Gasteiger partial charge in [0.25, 0.3) is 0 Å². The molecule has 0 atom stereocenters. The largest absolute Gasteiger partial charge is 0 e. The molecular weight excluding hydrogens is 97.8 g/mol. The first-order valence-corrected chi connectivity index (χ1v) is 0. The fourth-order valence-electron chi connectivity index (χ4n) is 0. The van der Waals surface area contributed by atoms with Gasteiger partial charge in [0.05, 0.1) is 0 Å². The predicted octanol–water partition coefficient (Wildman–Crippen LogP) is -2.66. The summed E-state index contributed by atoms with van der Waals surface area (Å²) >= 11 is 0. The molecule has 0 rings (SSSR count). The zero-order chi connectivity index (χ0) is 0. The summed E-state index contributed by atoms with van der Waals surface area (Å²) in [5, 5.41) is 0. The normalized spacial score (nSPS) is 0. The smallest absolute Gasteiger partial charge is 0 e. The maximum atomic E-state index is 0. The van der Waals surface area contributed by atoms with Gasteiger partial charge in [0, 0.05) is 21.7 Å². The SMILES string of the molecule is O.[AlH3].[LiH].[Ti]. The Morgan fingerprint density at radius 1 is 1.00 bits per heavy atom. The van der Waals surface area contributed by atoms with Gasteiger partial charge in [0.15, 0.2) is 17.4 Å². The molecule has 0 bridgehead atoms. The van der Waals surface area contributed by atoms with Crippen molar-refractivity contribution in [3.05, 3.63) is 0 Å². The number of hydrogen-bond donors (Lipinski definition) is 0. The van der Waals surface area contributed by atoms with Gasteiger partial charge in [0.1, 0.15) is 0 Å². The van der Waals surface area contributed by atoms with Crippen molar-refractivity contribution in [2.24, 2.45) is 0 Å². The van der Waals surface area contributed by atoms with Crippen LogP contribution in [-0.4, -0.2) is 41.7 Å². The van der Waals surface area contributed by atoms with Crippen LogP contribution in [0.25, 0.3) is 0 Å². The van der Waals surface area contributed by atoms with Crippen molar-refractivity contribution in [3.63, 3.8) is 0 Å². The van der Waals surface area contributed by atoms with Gasteiger partial charge in [-0.25, -0.2) is 0 Å². The Bertz CT molecular complexity index is 8.00. The maximum Gasteiger partial charge on any atom is 0 e. The van der Waals surface area contributed by atoms with Gasteiger partial charge in [-0.15, -0.1) is 0 Å². The second-order valence-electron chi connectivity index (χ2n) is 0. The molecule has 0 aliphatic carbocycles. The summed E-state index contributed by atoms with van der Waals surface area (Å²) in [7, 11) is 0. The zero-order valence-corrected chi connectivity index (χ0v) is 2.56. The van der Waals surface area contributed by atoms with E-state index in [2.05, 4.69) is 0 Å². The van der Waals surface area contributed by atoms with Crippen molar-refractivity contribution in [2.75, 3.05) is 0 Å². The molecule has 0 aromatic heterocycles. The first-order valence-electron chi connectivity index (χ1n) is 0. The predicted molar refractivity (Wildman–Crippen MR) is 20.7 cm³/mol. The molecule has 0 aromatic rings. The van der Waals surface area contributed by atoms with Gasteiger partial charge < -0.3 is 5.48 Å². The first-order chi connectivity index (χ1) is 0. The molecule has 0 fully saturated rings. The molecule has 0 unspecified atom stereocenters. The molecule has 0 aromatic carbocycles. The Kier molecular flexibility index (Phi) is 220. The molecule has 0 heterocycles. The number of rotatable bonds is 0. The van der Waals surface area contributed by atoms with Gasteiger partial charge in [0.2, 0.25) is 0 Å². The van der Waals surface area contributed by atoms with E-state index < -0.39 is 0 Å². The van der Waals surface area contributed by atoms with Crippen LogP contribution in [0.4, 0.5) is 0 Å². The van der Waals surface area contributed by atoms with E-state index in [1.165, 1.54) is 0 Å². The van der Waals surface area contributed by atoms with E-state index >= 15 is 0 Å². The third-order valence-corrected chi connectivity index (χ3v) is 0. The van der Waals surface area contributed by atoms with Crippen molar-refractivity contribution < 1.29 is 27.2 Å².